The van der Waals surface area contributed by atoms with E-state index in [0.29, 0.717) is 11.6 Å². The van der Waals surface area contributed by atoms with Crippen molar-refractivity contribution in [2.24, 2.45) is 5.73 Å². The van der Waals surface area contributed by atoms with Crippen LogP contribution in [0.5, 0.6) is 0 Å². The van der Waals surface area contributed by atoms with Gasteiger partial charge in [0, 0.05) is 30.0 Å². The lowest BCUT2D eigenvalue weighted by Gasteiger charge is -2.17. The Morgan fingerprint density at radius 1 is 1.35 bits per heavy atom. The topological polar surface area (TPSA) is 63.4 Å². The number of halogens is 1. The fourth-order valence-electron chi connectivity index (χ4n) is 1.74. The molecule has 2 aromatic rings. The Morgan fingerprint density at radius 2 is 2.10 bits per heavy atom. The summed E-state index contributed by atoms with van der Waals surface area (Å²) in [6.07, 6.45) is 0. The molecule has 4 nitrogen and oxygen atoms in total. The van der Waals surface area contributed by atoms with Crippen LogP contribution in [0.25, 0.3) is 0 Å². The average Bonchev–Trinajstić information content (AvgIpc) is 2.91. The largest absolute Gasteiger partial charge is 0.326 e. The second kappa shape index (κ2) is 6.24. The van der Waals surface area contributed by atoms with Gasteiger partial charge in [-0.05, 0) is 29.1 Å². The van der Waals surface area contributed by atoms with Gasteiger partial charge < -0.3 is 5.73 Å². The first-order chi connectivity index (χ1) is 9.45. The highest BCUT2D eigenvalue weighted by molar-refractivity contribution is 7.89. The van der Waals surface area contributed by atoms with Gasteiger partial charge in [0.25, 0.3) is 0 Å². The van der Waals surface area contributed by atoms with Crippen LogP contribution in [0.15, 0.2) is 40.6 Å². The van der Waals surface area contributed by atoms with Gasteiger partial charge in [-0.3, -0.25) is 0 Å². The van der Waals surface area contributed by atoms with Crippen molar-refractivity contribution in [2.75, 3.05) is 7.05 Å². The molecule has 0 saturated carbocycles. The standard InChI is InChI=1S/C13H15ClN2O2S2/c1-16(9-11-3-2-6-19-11)20(17,18)12-5-4-10(8-15)13(14)7-12/h2-7H,8-9,15H2,1H3. The Kier molecular flexibility index (Phi) is 4.82. The molecule has 2 rings (SSSR count). The first-order valence-corrected chi connectivity index (χ1v) is 8.62. The lowest BCUT2D eigenvalue weighted by Crippen LogP contribution is -2.26. The van der Waals surface area contributed by atoms with Gasteiger partial charge in [-0.2, -0.15) is 4.31 Å². The highest BCUT2D eigenvalue weighted by Gasteiger charge is 2.22. The van der Waals surface area contributed by atoms with Crippen molar-refractivity contribution in [1.29, 1.82) is 0 Å². The molecular weight excluding hydrogens is 316 g/mol. The van der Waals surface area contributed by atoms with Crippen LogP contribution in [0.4, 0.5) is 0 Å². The number of sulfonamides is 1. The number of thiophene rings is 1. The van der Waals surface area contributed by atoms with Gasteiger partial charge in [0.15, 0.2) is 0 Å². The molecule has 0 unspecified atom stereocenters. The smallest absolute Gasteiger partial charge is 0.243 e. The number of hydrogen-bond donors (Lipinski definition) is 1. The van der Waals surface area contributed by atoms with Crippen molar-refractivity contribution in [3.05, 3.63) is 51.2 Å². The molecule has 0 radical (unpaired) electrons. The molecule has 1 heterocycles. The van der Waals surface area contributed by atoms with Gasteiger partial charge in [-0.15, -0.1) is 11.3 Å². The summed E-state index contributed by atoms with van der Waals surface area (Å²) in [7, 11) is -1.99. The van der Waals surface area contributed by atoms with E-state index in [1.54, 1.807) is 13.1 Å². The summed E-state index contributed by atoms with van der Waals surface area (Å²) >= 11 is 7.55. The molecule has 1 aromatic heterocycles. The molecule has 0 aliphatic heterocycles. The lowest BCUT2D eigenvalue weighted by molar-refractivity contribution is 0.469. The molecule has 0 atom stereocenters. The van der Waals surface area contributed by atoms with Crippen molar-refractivity contribution in [2.45, 2.75) is 18.0 Å². The van der Waals surface area contributed by atoms with Gasteiger partial charge in [0.2, 0.25) is 10.0 Å². The van der Waals surface area contributed by atoms with E-state index in [4.69, 9.17) is 17.3 Å². The van der Waals surface area contributed by atoms with Crippen molar-refractivity contribution in [3.8, 4) is 0 Å². The normalized spacial score (nSPS) is 12.0. The lowest BCUT2D eigenvalue weighted by atomic mass is 10.2. The summed E-state index contributed by atoms with van der Waals surface area (Å²) in [4.78, 5) is 1.17. The van der Waals surface area contributed by atoms with E-state index in [9.17, 15) is 8.42 Å². The minimum Gasteiger partial charge on any atom is -0.326 e. The van der Waals surface area contributed by atoms with E-state index in [1.165, 1.54) is 27.8 Å². The number of hydrogen-bond acceptors (Lipinski definition) is 4. The van der Waals surface area contributed by atoms with Crippen molar-refractivity contribution >= 4 is 33.0 Å². The molecule has 20 heavy (non-hydrogen) atoms. The molecule has 0 aliphatic rings. The molecule has 2 N–H and O–H groups in total. The highest BCUT2D eigenvalue weighted by atomic mass is 35.5. The summed E-state index contributed by atoms with van der Waals surface area (Å²) in [5.74, 6) is 0. The molecule has 0 spiro atoms. The minimum atomic E-state index is -3.55. The Bertz CT molecular complexity index is 684. The van der Waals surface area contributed by atoms with Gasteiger partial charge in [-0.1, -0.05) is 23.7 Å². The van der Waals surface area contributed by atoms with Crippen LogP contribution in [0.3, 0.4) is 0 Å². The van der Waals surface area contributed by atoms with E-state index in [2.05, 4.69) is 0 Å². The molecule has 7 heteroatoms. The monoisotopic (exact) mass is 330 g/mol. The summed E-state index contributed by atoms with van der Waals surface area (Å²) in [6.45, 7) is 0.625. The fourth-order valence-corrected chi connectivity index (χ4v) is 4.08. The van der Waals surface area contributed by atoms with Crippen LogP contribution in [0, 0.1) is 0 Å². The van der Waals surface area contributed by atoms with E-state index < -0.39 is 10.0 Å². The SMILES string of the molecule is CN(Cc1cccs1)S(=O)(=O)c1ccc(CN)c(Cl)c1. The predicted molar refractivity (Wildman–Crippen MR) is 82.3 cm³/mol. The van der Waals surface area contributed by atoms with Crippen molar-refractivity contribution in [1.82, 2.24) is 4.31 Å². The molecule has 1 aromatic carbocycles. The number of nitrogens with zero attached hydrogens (tertiary/aromatic N) is 1. The van der Waals surface area contributed by atoms with Gasteiger partial charge in [0.05, 0.1) is 4.90 Å². The van der Waals surface area contributed by atoms with Crippen LogP contribution in [0.1, 0.15) is 10.4 Å². The zero-order chi connectivity index (χ0) is 14.8. The zero-order valence-electron chi connectivity index (χ0n) is 10.9. The number of rotatable bonds is 5. The Balaban J connectivity index is 2.27. The molecule has 0 saturated heterocycles. The quantitative estimate of drug-likeness (QED) is 0.916. The molecular formula is C13H15ClN2O2S2. The second-order valence-electron chi connectivity index (χ2n) is 4.30. The van der Waals surface area contributed by atoms with E-state index in [-0.39, 0.29) is 11.4 Å². The molecule has 0 bridgehead atoms. The van der Waals surface area contributed by atoms with Crippen molar-refractivity contribution < 1.29 is 8.42 Å². The number of nitrogens with two attached hydrogens (primary N) is 1. The molecule has 0 fully saturated rings. The van der Waals surface area contributed by atoms with Crippen LogP contribution >= 0.6 is 22.9 Å². The third kappa shape index (κ3) is 3.21. The number of benzene rings is 1. The molecule has 108 valence electrons. The first kappa shape index (κ1) is 15.5. The maximum atomic E-state index is 12.5. The Morgan fingerprint density at radius 3 is 2.65 bits per heavy atom. The maximum absolute atomic E-state index is 12.5. The van der Waals surface area contributed by atoms with Crippen LogP contribution < -0.4 is 5.73 Å². The molecule has 0 aliphatic carbocycles. The Hall–Kier alpha value is -0.920. The molecule has 0 amide bonds. The van der Waals surface area contributed by atoms with Gasteiger partial charge >= 0.3 is 0 Å². The van der Waals surface area contributed by atoms with E-state index >= 15 is 0 Å². The predicted octanol–water partition coefficient (Wildman–Crippen LogP) is 2.68. The third-order valence-corrected chi connectivity index (χ3v) is 5.92. The van der Waals surface area contributed by atoms with E-state index in [0.717, 1.165) is 10.4 Å². The average molecular weight is 331 g/mol. The third-order valence-electron chi connectivity index (χ3n) is 2.91. The van der Waals surface area contributed by atoms with Gasteiger partial charge in [-0.25, -0.2) is 8.42 Å². The summed E-state index contributed by atoms with van der Waals surface area (Å²) in [6, 6.07) is 8.43. The Labute approximate surface area is 127 Å². The van der Waals surface area contributed by atoms with Crippen LogP contribution in [-0.4, -0.2) is 19.8 Å². The van der Waals surface area contributed by atoms with Crippen LogP contribution in [0.2, 0.25) is 5.02 Å². The summed E-state index contributed by atoms with van der Waals surface area (Å²) < 4.78 is 26.2. The van der Waals surface area contributed by atoms with Crippen LogP contribution in [-0.2, 0) is 23.1 Å². The van der Waals surface area contributed by atoms with Crippen molar-refractivity contribution in [3.63, 3.8) is 0 Å². The highest BCUT2D eigenvalue weighted by Crippen LogP contribution is 2.24. The second-order valence-corrected chi connectivity index (χ2v) is 7.78. The van der Waals surface area contributed by atoms with Gasteiger partial charge in [0.1, 0.15) is 0 Å². The summed E-state index contributed by atoms with van der Waals surface area (Å²) in [5.41, 5.74) is 6.25. The fraction of sp³-hybridized carbons (Fsp3) is 0.231. The first-order valence-electron chi connectivity index (χ1n) is 5.92. The summed E-state index contributed by atoms with van der Waals surface area (Å²) in [5, 5.41) is 2.29. The maximum Gasteiger partial charge on any atom is 0.243 e. The van der Waals surface area contributed by atoms with E-state index in [1.807, 2.05) is 17.5 Å². The zero-order valence-corrected chi connectivity index (χ0v) is 13.3. The minimum absolute atomic E-state index is 0.179.